The second-order valence-corrected chi connectivity index (χ2v) is 5.36. The van der Waals surface area contributed by atoms with Crippen LogP contribution in [0.3, 0.4) is 0 Å². The third kappa shape index (κ3) is 3.01. The summed E-state index contributed by atoms with van der Waals surface area (Å²) in [5.74, 6) is 0. The van der Waals surface area contributed by atoms with Crippen molar-refractivity contribution in [3.05, 3.63) is 34.9 Å². The number of halogens is 1. The van der Waals surface area contributed by atoms with Crippen LogP contribution in [0.5, 0.6) is 0 Å². The summed E-state index contributed by atoms with van der Waals surface area (Å²) in [6.07, 6.45) is 2.61. The first-order valence-electron chi connectivity index (χ1n) is 6.40. The van der Waals surface area contributed by atoms with E-state index in [4.69, 9.17) is 17.3 Å². The highest BCUT2D eigenvalue weighted by Crippen LogP contribution is 2.35. The van der Waals surface area contributed by atoms with Gasteiger partial charge in [0.1, 0.15) is 0 Å². The Kier molecular flexibility index (Phi) is 4.08. The quantitative estimate of drug-likeness (QED) is 0.872. The Morgan fingerprint density at radius 2 is 2.18 bits per heavy atom. The van der Waals surface area contributed by atoms with Crippen LogP contribution in [0, 0.1) is 0 Å². The Morgan fingerprint density at radius 3 is 2.65 bits per heavy atom. The molecule has 0 spiro atoms. The van der Waals surface area contributed by atoms with Gasteiger partial charge >= 0.3 is 0 Å². The number of hydrogen-bond donors (Lipinski definition) is 1. The minimum absolute atomic E-state index is 0.119. The van der Waals surface area contributed by atoms with Crippen molar-refractivity contribution in [1.29, 1.82) is 0 Å². The van der Waals surface area contributed by atoms with Gasteiger partial charge in [0.25, 0.3) is 0 Å². The van der Waals surface area contributed by atoms with Crippen molar-refractivity contribution in [3.8, 4) is 0 Å². The topological polar surface area (TPSA) is 29.3 Å². The van der Waals surface area contributed by atoms with E-state index in [1.54, 1.807) is 0 Å². The zero-order valence-electron chi connectivity index (χ0n) is 10.6. The number of likely N-dealkylation sites (N-methyl/N-ethyl adjacent to an activating group) is 1. The van der Waals surface area contributed by atoms with E-state index < -0.39 is 0 Å². The van der Waals surface area contributed by atoms with Crippen LogP contribution in [0.1, 0.15) is 38.3 Å². The first-order chi connectivity index (χ1) is 8.13. The Balaban J connectivity index is 2.27. The van der Waals surface area contributed by atoms with Gasteiger partial charge in [0.2, 0.25) is 0 Å². The summed E-state index contributed by atoms with van der Waals surface area (Å²) < 4.78 is 0. The van der Waals surface area contributed by atoms with Crippen molar-refractivity contribution >= 4 is 11.6 Å². The molecule has 1 aromatic rings. The van der Waals surface area contributed by atoms with Gasteiger partial charge in [0.05, 0.1) is 0 Å². The van der Waals surface area contributed by atoms with Crippen molar-refractivity contribution in [2.45, 2.75) is 44.8 Å². The Bertz CT molecular complexity index is 374. The molecule has 2 unspecified atom stereocenters. The highest BCUT2D eigenvalue weighted by molar-refractivity contribution is 6.30. The maximum Gasteiger partial charge on any atom is 0.0499 e. The third-order valence-corrected chi connectivity index (χ3v) is 3.66. The standard InChI is InChI=1S/C14H21ClN2/c1-3-17(13-7-8-13)14(10(2)16)11-5-4-6-12(15)9-11/h4-6,9-10,13-14H,3,7-8,16H2,1-2H3. The van der Waals surface area contributed by atoms with Gasteiger partial charge in [-0.05, 0) is 44.0 Å². The van der Waals surface area contributed by atoms with Crippen LogP contribution in [-0.2, 0) is 0 Å². The van der Waals surface area contributed by atoms with E-state index in [-0.39, 0.29) is 12.1 Å². The fraction of sp³-hybridized carbons (Fsp3) is 0.571. The third-order valence-electron chi connectivity index (χ3n) is 3.43. The molecule has 2 N–H and O–H groups in total. The molecule has 0 heterocycles. The molecule has 1 aromatic carbocycles. The molecule has 0 amide bonds. The average molecular weight is 253 g/mol. The molecule has 2 rings (SSSR count). The lowest BCUT2D eigenvalue weighted by molar-refractivity contribution is 0.176. The molecule has 1 fully saturated rings. The van der Waals surface area contributed by atoms with Gasteiger partial charge in [-0.25, -0.2) is 0 Å². The molecule has 17 heavy (non-hydrogen) atoms. The number of nitrogens with zero attached hydrogens (tertiary/aromatic N) is 1. The van der Waals surface area contributed by atoms with E-state index in [9.17, 15) is 0 Å². The van der Waals surface area contributed by atoms with Gasteiger partial charge in [0.15, 0.2) is 0 Å². The molecule has 1 saturated carbocycles. The average Bonchev–Trinajstić information content (AvgIpc) is 3.08. The molecule has 0 aliphatic heterocycles. The summed E-state index contributed by atoms with van der Waals surface area (Å²) in [6, 6.07) is 9.21. The number of rotatable bonds is 5. The maximum absolute atomic E-state index is 6.18. The predicted octanol–water partition coefficient (Wildman–Crippen LogP) is 3.21. The molecule has 94 valence electrons. The Labute approximate surface area is 109 Å². The second kappa shape index (κ2) is 5.38. The minimum atomic E-state index is 0.119. The van der Waals surface area contributed by atoms with Crippen LogP contribution in [0.4, 0.5) is 0 Å². The second-order valence-electron chi connectivity index (χ2n) is 4.92. The van der Waals surface area contributed by atoms with Crippen LogP contribution in [0.25, 0.3) is 0 Å². The Hall–Kier alpha value is -0.570. The lowest BCUT2D eigenvalue weighted by Crippen LogP contribution is -2.40. The van der Waals surface area contributed by atoms with Crippen molar-refractivity contribution in [2.75, 3.05) is 6.54 Å². The molecule has 2 atom stereocenters. The normalized spacial score (nSPS) is 19.4. The van der Waals surface area contributed by atoms with Gasteiger partial charge < -0.3 is 5.73 Å². The van der Waals surface area contributed by atoms with Gasteiger partial charge in [-0.1, -0.05) is 30.7 Å². The molecule has 2 nitrogen and oxygen atoms in total. The monoisotopic (exact) mass is 252 g/mol. The number of hydrogen-bond acceptors (Lipinski definition) is 2. The van der Waals surface area contributed by atoms with Crippen molar-refractivity contribution in [3.63, 3.8) is 0 Å². The van der Waals surface area contributed by atoms with Crippen molar-refractivity contribution in [2.24, 2.45) is 5.73 Å². The summed E-state index contributed by atoms with van der Waals surface area (Å²) in [7, 11) is 0. The number of benzene rings is 1. The van der Waals surface area contributed by atoms with Crippen LogP contribution >= 0.6 is 11.6 Å². The lowest BCUT2D eigenvalue weighted by atomic mass is 9.99. The first kappa shape index (κ1) is 12.9. The predicted molar refractivity (Wildman–Crippen MR) is 73.2 cm³/mol. The molecule has 0 bridgehead atoms. The van der Waals surface area contributed by atoms with Crippen LogP contribution in [0.2, 0.25) is 5.02 Å². The van der Waals surface area contributed by atoms with E-state index in [1.807, 2.05) is 18.2 Å². The van der Waals surface area contributed by atoms with E-state index in [2.05, 4.69) is 24.8 Å². The summed E-state index contributed by atoms with van der Waals surface area (Å²) in [5, 5.41) is 0.792. The van der Waals surface area contributed by atoms with Crippen LogP contribution in [0.15, 0.2) is 24.3 Å². The summed E-state index contributed by atoms with van der Waals surface area (Å²) in [6.45, 7) is 5.33. The first-order valence-corrected chi connectivity index (χ1v) is 6.78. The summed E-state index contributed by atoms with van der Waals surface area (Å²) in [5.41, 5.74) is 7.41. The maximum atomic E-state index is 6.18. The highest BCUT2D eigenvalue weighted by atomic mass is 35.5. The van der Waals surface area contributed by atoms with E-state index >= 15 is 0 Å². The smallest absolute Gasteiger partial charge is 0.0499 e. The zero-order chi connectivity index (χ0) is 12.4. The van der Waals surface area contributed by atoms with Gasteiger partial charge in [0, 0.05) is 23.1 Å². The van der Waals surface area contributed by atoms with E-state index in [1.165, 1.54) is 18.4 Å². The molecule has 0 radical (unpaired) electrons. The van der Waals surface area contributed by atoms with Crippen LogP contribution < -0.4 is 5.73 Å². The van der Waals surface area contributed by atoms with E-state index in [0.29, 0.717) is 0 Å². The Morgan fingerprint density at radius 1 is 1.47 bits per heavy atom. The molecule has 1 aliphatic carbocycles. The fourth-order valence-corrected chi connectivity index (χ4v) is 2.77. The molecular weight excluding hydrogens is 232 g/mol. The van der Waals surface area contributed by atoms with Gasteiger partial charge in [-0.3, -0.25) is 4.90 Å². The number of nitrogens with two attached hydrogens (primary N) is 1. The van der Waals surface area contributed by atoms with Crippen LogP contribution in [-0.4, -0.2) is 23.5 Å². The summed E-state index contributed by atoms with van der Waals surface area (Å²) >= 11 is 6.08. The van der Waals surface area contributed by atoms with Gasteiger partial charge in [-0.2, -0.15) is 0 Å². The molecule has 0 aromatic heterocycles. The largest absolute Gasteiger partial charge is 0.326 e. The summed E-state index contributed by atoms with van der Waals surface area (Å²) in [4.78, 5) is 2.51. The van der Waals surface area contributed by atoms with Gasteiger partial charge in [-0.15, -0.1) is 0 Å². The molecule has 0 saturated heterocycles. The lowest BCUT2D eigenvalue weighted by Gasteiger charge is -2.34. The highest BCUT2D eigenvalue weighted by Gasteiger charge is 2.35. The van der Waals surface area contributed by atoms with Crippen molar-refractivity contribution < 1.29 is 0 Å². The zero-order valence-corrected chi connectivity index (χ0v) is 11.3. The molecule has 3 heteroatoms. The minimum Gasteiger partial charge on any atom is -0.326 e. The fourth-order valence-electron chi connectivity index (χ4n) is 2.58. The van der Waals surface area contributed by atoms with E-state index in [0.717, 1.165) is 17.6 Å². The van der Waals surface area contributed by atoms with Crippen molar-refractivity contribution in [1.82, 2.24) is 4.90 Å². The SMILES string of the molecule is CCN(C1CC1)C(c1cccc(Cl)c1)C(C)N. The molecule has 1 aliphatic rings. The molecular formula is C14H21ClN2.